The predicted octanol–water partition coefficient (Wildman–Crippen LogP) is 14.4. The van der Waals surface area contributed by atoms with Gasteiger partial charge in [-0.2, -0.15) is 0 Å². The van der Waals surface area contributed by atoms with Crippen molar-refractivity contribution in [1.82, 2.24) is 0 Å². The van der Waals surface area contributed by atoms with Crippen molar-refractivity contribution in [3.8, 4) is 11.5 Å². The van der Waals surface area contributed by atoms with Gasteiger partial charge in [-0.25, -0.2) is 8.42 Å². The van der Waals surface area contributed by atoms with Gasteiger partial charge in [0, 0.05) is 12.8 Å². The van der Waals surface area contributed by atoms with Crippen LogP contribution in [0.5, 0.6) is 11.5 Å². The molecule has 2 aromatic carbocycles. The van der Waals surface area contributed by atoms with E-state index in [1.165, 1.54) is 140 Å². The van der Waals surface area contributed by atoms with Crippen LogP contribution < -0.4 is 9.47 Å². The summed E-state index contributed by atoms with van der Waals surface area (Å²) in [5.41, 5.74) is 0. The van der Waals surface area contributed by atoms with Gasteiger partial charge in [0.2, 0.25) is 9.84 Å². The van der Waals surface area contributed by atoms with Gasteiger partial charge in [0.1, 0.15) is 37.9 Å². The first-order chi connectivity index (χ1) is 29.9. The molecular weight excluding hydrogens is 785 g/mol. The first kappa shape index (κ1) is 53.5. The Hall–Kier alpha value is -3.59. The summed E-state index contributed by atoms with van der Waals surface area (Å²) in [4.78, 5) is 24.5. The highest BCUT2D eigenvalue weighted by atomic mass is 32.2. The fraction of sp³-hybridized carbons (Fsp3) is 0.654. The van der Waals surface area contributed by atoms with Gasteiger partial charge in [-0.05, 0) is 113 Å². The van der Waals surface area contributed by atoms with Crippen LogP contribution in [0.15, 0.2) is 82.6 Å². The third-order valence-electron chi connectivity index (χ3n) is 10.8. The largest absolute Gasteiger partial charge is 0.490 e. The van der Waals surface area contributed by atoms with Crippen LogP contribution >= 0.6 is 0 Å². The molecule has 0 aromatic heterocycles. The molecule has 8 nitrogen and oxygen atoms in total. The Bertz CT molecular complexity index is 1420. The molecule has 0 spiro atoms. The summed E-state index contributed by atoms with van der Waals surface area (Å²) in [7, 11) is -3.76. The topological polar surface area (TPSA) is 105 Å². The molecule has 2 rings (SSSR count). The van der Waals surface area contributed by atoms with E-state index in [0.29, 0.717) is 24.3 Å². The van der Waals surface area contributed by atoms with Gasteiger partial charge < -0.3 is 18.9 Å². The Morgan fingerprint density at radius 3 is 1.03 bits per heavy atom. The summed E-state index contributed by atoms with van der Waals surface area (Å²) >= 11 is 0. The second-order valence-electron chi connectivity index (χ2n) is 16.3. The predicted molar refractivity (Wildman–Crippen MR) is 250 cm³/mol. The number of carbonyl (C=O) groups is 2. The zero-order chi connectivity index (χ0) is 43.9. The lowest BCUT2D eigenvalue weighted by Gasteiger charge is -2.10. The number of ether oxygens (including phenoxy) is 4. The van der Waals surface area contributed by atoms with Gasteiger partial charge >= 0.3 is 11.9 Å². The van der Waals surface area contributed by atoms with E-state index in [-0.39, 0.29) is 48.2 Å². The van der Waals surface area contributed by atoms with Gasteiger partial charge in [-0.3, -0.25) is 9.59 Å². The number of sulfone groups is 1. The summed E-state index contributed by atoms with van der Waals surface area (Å²) < 4.78 is 48.4. The Morgan fingerprint density at radius 1 is 0.410 bits per heavy atom. The molecule has 0 aliphatic rings. The molecular formula is C52H82O8S. The summed E-state index contributed by atoms with van der Waals surface area (Å²) in [6.45, 7) is 5.14. The van der Waals surface area contributed by atoms with Crippen molar-refractivity contribution in [3.05, 3.63) is 72.8 Å². The summed E-state index contributed by atoms with van der Waals surface area (Å²) in [6, 6.07) is 12.3. The SMILES string of the molecule is CCCCCCCCCCC/C=C/CCCCC(=O)OCCOc1ccc(S(=O)(=O)c2ccc(OCCOC(=O)CCCC/C=C/CCCCCCCCCCC)cc2)cc1. The monoisotopic (exact) mass is 867 g/mol. The normalized spacial score (nSPS) is 11.7. The Balaban J connectivity index is 1.49. The maximum atomic E-state index is 13.2. The molecule has 0 fully saturated rings. The highest BCUT2D eigenvalue weighted by Gasteiger charge is 2.18. The molecule has 0 saturated heterocycles. The van der Waals surface area contributed by atoms with Gasteiger partial charge in [-0.15, -0.1) is 0 Å². The average Bonchev–Trinajstić information content (AvgIpc) is 3.27. The number of rotatable bonds is 40. The molecule has 0 bridgehead atoms. The van der Waals surface area contributed by atoms with Gasteiger partial charge in [-0.1, -0.05) is 141 Å². The van der Waals surface area contributed by atoms with Crippen LogP contribution in [0.4, 0.5) is 0 Å². The average molecular weight is 867 g/mol. The summed E-state index contributed by atoms with van der Waals surface area (Å²) in [5, 5.41) is 0. The van der Waals surface area contributed by atoms with Crippen LogP contribution in [0.25, 0.3) is 0 Å². The molecule has 0 heterocycles. The molecule has 0 amide bonds. The van der Waals surface area contributed by atoms with E-state index in [0.717, 1.165) is 51.4 Å². The standard InChI is InChI=1S/C52H82O8S/c1-3-5-7-9-11-13-15-17-19-21-23-25-27-29-31-33-51(53)59-45-43-57-47-35-39-49(40-36-47)61(55,56)50-41-37-48(38-42-50)58-44-46-60-52(54)34-32-30-28-26-24-22-20-18-16-14-12-10-8-6-4-2/h23-26,35-42H,3-22,27-34,43-46H2,1-2H3/b25-23+,26-24+. The second kappa shape index (κ2) is 37.0. The van der Waals surface area contributed by atoms with Crippen LogP contribution in [-0.4, -0.2) is 46.8 Å². The zero-order valence-electron chi connectivity index (χ0n) is 38.2. The van der Waals surface area contributed by atoms with E-state index in [2.05, 4.69) is 38.2 Å². The van der Waals surface area contributed by atoms with Crippen LogP contribution in [0.3, 0.4) is 0 Å². The number of hydrogen-bond acceptors (Lipinski definition) is 8. The molecule has 344 valence electrons. The minimum absolute atomic E-state index is 0.131. The van der Waals surface area contributed by atoms with E-state index in [1.807, 2.05) is 0 Å². The van der Waals surface area contributed by atoms with E-state index >= 15 is 0 Å². The molecule has 0 atom stereocenters. The minimum atomic E-state index is -3.76. The molecule has 0 N–H and O–H groups in total. The first-order valence-electron chi connectivity index (χ1n) is 24.2. The number of unbranched alkanes of at least 4 members (excludes halogenated alkanes) is 22. The number of hydrogen-bond donors (Lipinski definition) is 0. The van der Waals surface area contributed by atoms with Crippen LogP contribution in [0, 0.1) is 0 Å². The van der Waals surface area contributed by atoms with Crippen LogP contribution in [0.1, 0.15) is 194 Å². The Labute approximate surface area is 371 Å². The van der Waals surface area contributed by atoms with Crippen molar-refractivity contribution in [2.45, 2.75) is 203 Å². The van der Waals surface area contributed by atoms with Crippen molar-refractivity contribution in [1.29, 1.82) is 0 Å². The number of carbonyl (C=O) groups excluding carboxylic acids is 2. The zero-order valence-corrected chi connectivity index (χ0v) is 39.0. The van der Waals surface area contributed by atoms with Gasteiger partial charge in [0.25, 0.3) is 0 Å². The van der Waals surface area contributed by atoms with Crippen LogP contribution in [0.2, 0.25) is 0 Å². The number of allylic oxidation sites excluding steroid dienone is 4. The summed E-state index contributed by atoms with van der Waals surface area (Å²) in [6.07, 6.45) is 41.8. The fourth-order valence-electron chi connectivity index (χ4n) is 7.02. The van der Waals surface area contributed by atoms with E-state index in [9.17, 15) is 18.0 Å². The smallest absolute Gasteiger partial charge is 0.305 e. The van der Waals surface area contributed by atoms with E-state index in [1.54, 1.807) is 24.3 Å². The minimum Gasteiger partial charge on any atom is -0.490 e. The van der Waals surface area contributed by atoms with Crippen LogP contribution in [-0.2, 0) is 28.9 Å². The van der Waals surface area contributed by atoms with Crippen molar-refractivity contribution in [2.24, 2.45) is 0 Å². The highest BCUT2D eigenvalue weighted by Crippen LogP contribution is 2.25. The lowest BCUT2D eigenvalue weighted by atomic mass is 10.1. The van der Waals surface area contributed by atoms with Gasteiger partial charge in [0.05, 0.1) is 9.79 Å². The fourth-order valence-corrected chi connectivity index (χ4v) is 8.28. The van der Waals surface area contributed by atoms with Crippen molar-refractivity contribution < 1.29 is 37.0 Å². The van der Waals surface area contributed by atoms with Crippen molar-refractivity contribution >= 4 is 21.8 Å². The van der Waals surface area contributed by atoms with E-state index in [4.69, 9.17) is 18.9 Å². The molecule has 0 saturated carbocycles. The van der Waals surface area contributed by atoms with Gasteiger partial charge in [0.15, 0.2) is 0 Å². The highest BCUT2D eigenvalue weighted by molar-refractivity contribution is 7.91. The van der Waals surface area contributed by atoms with E-state index < -0.39 is 9.84 Å². The molecule has 2 aromatic rings. The molecule has 0 radical (unpaired) electrons. The molecule has 61 heavy (non-hydrogen) atoms. The summed E-state index contributed by atoms with van der Waals surface area (Å²) in [5.74, 6) is 0.506. The number of benzene rings is 2. The lowest BCUT2D eigenvalue weighted by Crippen LogP contribution is -2.12. The van der Waals surface area contributed by atoms with Crippen molar-refractivity contribution in [2.75, 3.05) is 26.4 Å². The third-order valence-corrected chi connectivity index (χ3v) is 12.6. The number of esters is 2. The molecule has 0 aliphatic heterocycles. The molecule has 9 heteroatoms. The first-order valence-corrected chi connectivity index (χ1v) is 25.7. The quantitative estimate of drug-likeness (QED) is 0.0370. The molecule has 0 aliphatic carbocycles. The lowest BCUT2D eigenvalue weighted by molar-refractivity contribution is -0.145. The third kappa shape index (κ3) is 28.6. The Kier molecular flexibility index (Phi) is 32.5. The van der Waals surface area contributed by atoms with Crippen molar-refractivity contribution in [3.63, 3.8) is 0 Å². The molecule has 0 unspecified atom stereocenters. The Morgan fingerprint density at radius 2 is 0.705 bits per heavy atom. The second-order valence-corrected chi connectivity index (χ2v) is 18.2. The maximum absolute atomic E-state index is 13.2. The maximum Gasteiger partial charge on any atom is 0.305 e.